The molecule has 0 unspecified atom stereocenters. The van der Waals surface area contributed by atoms with Crippen molar-refractivity contribution in [2.45, 2.75) is 97.3 Å². The predicted octanol–water partition coefficient (Wildman–Crippen LogP) is 9.04. The van der Waals surface area contributed by atoms with Crippen LogP contribution in [0.15, 0.2) is 72.9 Å². The van der Waals surface area contributed by atoms with Gasteiger partial charge in [0.1, 0.15) is 5.75 Å². The minimum absolute atomic E-state index is 0.103. The third kappa shape index (κ3) is 14.6. The average Bonchev–Trinajstić information content (AvgIpc) is 2.75. The van der Waals surface area contributed by atoms with Crippen molar-refractivity contribution in [3.05, 3.63) is 78.4 Å². The molecule has 0 aliphatic heterocycles. The zero-order valence-electron chi connectivity index (χ0n) is 20.8. The molecular weight excluding hydrogens is 392 g/mol. The summed E-state index contributed by atoms with van der Waals surface area (Å²) in [5.74, 6) is 0.463. The Kier molecular flexibility index (Phi) is 14.9. The Morgan fingerprint density at radius 1 is 0.750 bits per heavy atom. The third-order valence-corrected chi connectivity index (χ3v) is 5.16. The maximum absolute atomic E-state index is 12.0. The molecule has 176 valence electrons. The van der Waals surface area contributed by atoms with Gasteiger partial charge in [-0.05, 0) is 68.1 Å². The third-order valence-electron chi connectivity index (χ3n) is 5.16. The monoisotopic (exact) mass is 436 g/mol. The molecule has 0 spiro atoms. The zero-order chi connectivity index (χ0) is 23.5. The van der Waals surface area contributed by atoms with Crippen LogP contribution >= 0.6 is 0 Å². The van der Waals surface area contributed by atoms with E-state index in [0.29, 0.717) is 12.2 Å². The van der Waals surface area contributed by atoms with Gasteiger partial charge in [-0.15, -0.1) is 0 Å². The van der Waals surface area contributed by atoms with Crippen molar-refractivity contribution >= 4 is 5.97 Å². The molecule has 0 radical (unpaired) electrons. The van der Waals surface area contributed by atoms with Gasteiger partial charge in [0, 0.05) is 6.42 Å². The summed E-state index contributed by atoms with van der Waals surface area (Å²) < 4.78 is 5.43. The Balaban J connectivity index is 2.06. The van der Waals surface area contributed by atoms with Crippen LogP contribution in [0.1, 0.15) is 97.5 Å². The second-order valence-electron chi connectivity index (χ2n) is 9.23. The van der Waals surface area contributed by atoms with Gasteiger partial charge in [-0.1, -0.05) is 101 Å². The smallest absolute Gasteiger partial charge is 0.311 e. The van der Waals surface area contributed by atoms with Crippen LogP contribution in [0.5, 0.6) is 5.75 Å². The fourth-order valence-corrected chi connectivity index (χ4v) is 3.13. The summed E-state index contributed by atoms with van der Waals surface area (Å²) in [6.07, 6.45) is 28.0. The van der Waals surface area contributed by atoms with Gasteiger partial charge in [0.15, 0.2) is 0 Å². The largest absolute Gasteiger partial charge is 0.427 e. The van der Waals surface area contributed by atoms with Crippen LogP contribution in [0.25, 0.3) is 0 Å². The molecule has 0 fully saturated rings. The van der Waals surface area contributed by atoms with Gasteiger partial charge < -0.3 is 4.74 Å². The first-order valence-electron chi connectivity index (χ1n) is 12.3. The van der Waals surface area contributed by atoms with E-state index >= 15 is 0 Å². The molecule has 32 heavy (non-hydrogen) atoms. The van der Waals surface area contributed by atoms with Gasteiger partial charge in [-0.25, -0.2) is 0 Å². The number of carbonyl (C=O) groups is 1. The molecule has 1 rings (SSSR count). The maximum atomic E-state index is 12.0. The molecule has 0 aliphatic rings. The lowest BCUT2D eigenvalue weighted by Gasteiger charge is -2.18. The lowest BCUT2D eigenvalue weighted by Crippen LogP contribution is -2.11. The summed E-state index contributed by atoms with van der Waals surface area (Å²) in [6.45, 7) is 8.75. The second-order valence-corrected chi connectivity index (χ2v) is 9.23. The standard InChI is InChI=1S/C30H44O2/c1-5-6-7-8-9-10-11-12-13-14-15-16-17-18-19-20-21-22-29(31)32-28-25-23-27(24-26-28)30(2,3)4/h9-10,12-13,15-16,18-19,23-26H,5-8,11,14,17,20-22H2,1-4H3. The highest BCUT2D eigenvalue weighted by Gasteiger charge is 2.13. The Labute approximate surface area is 197 Å². The molecule has 0 saturated carbocycles. The topological polar surface area (TPSA) is 26.3 Å². The highest BCUT2D eigenvalue weighted by atomic mass is 16.5. The molecule has 0 aliphatic carbocycles. The number of ether oxygens (including phenoxy) is 1. The molecule has 2 nitrogen and oxygen atoms in total. The van der Waals surface area contributed by atoms with Crippen LogP contribution < -0.4 is 4.74 Å². The van der Waals surface area contributed by atoms with E-state index in [2.05, 4.69) is 76.3 Å². The van der Waals surface area contributed by atoms with Crippen LogP contribution in [0.4, 0.5) is 0 Å². The number of rotatable bonds is 15. The van der Waals surface area contributed by atoms with Crippen LogP contribution in [0.2, 0.25) is 0 Å². The van der Waals surface area contributed by atoms with Gasteiger partial charge in [0.25, 0.3) is 0 Å². The van der Waals surface area contributed by atoms with Gasteiger partial charge >= 0.3 is 5.97 Å². The second kappa shape index (κ2) is 17.2. The minimum atomic E-state index is -0.163. The number of unbranched alkanes of at least 4 members (excludes halogenated alkanes) is 4. The molecule has 0 atom stereocenters. The molecule has 2 heteroatoms. The van der Waals surface area contributed by atoms with E-state index in [1.165, 1.54) is 31.2 Å². The molecule has 0 aromatic heterocycles. The number of carbonyl (C=O) groups excluding carboxylic acids is 1. The van der Waals surface area contributed by atoms with E-state index in [-0.39, 0.29) is 11.4 Å². The lowest BCUT2D eigenvalue weighted by atomic mass is 9.87. The highest BCUT2D eigenvalue weighted by molar-refractivity contribution is 5.72. The normalized spacial score (nSPS) is 12.6. The van der Waals surface area contributed by atoms with Crippen molar-refractivity contribution < 1.29 is 9.53 Å². The molecule has 1 aromatic rings. The highest BCUT2D eigenvalue weighted by Crippen LogP contribution is 2.24. The fraction of sp³-hybridized carbons (Fsp3) is 0.500. The van der Waals surface area contributed by atoms with Crippen molar-refractivity contribution in [1.82, 2.24) is 0 Å². The molecule has 0 saturated heterocycles. The van der Waals surface area contributed by atoms with E-state index in [1.807, 2.05) is 24.3 Å². The molecule has 1 aromatic carbocycles. The fourth-order valence-electron chi connectivity index (χ4n) is 3.13. The maximum Gasteiger partial charge on any atom is 0.311 e. The van der Waals surface area contributed by atoms with E-state index in [0.717, 1.165) is 32.1 Å². The molecule has 0 bridgehead atoms. The number of hydrogen-bond donors (Lipinski definition) is 0. The average molecular weight is 437 g/mol. The first-order valence-corrected chi connectivity index (χ1v) is 12.3. The quantitative estimate of drug-likeness (QED) is 0.119. The summed E-state index contributed by atoms with van der Waals surface area (Å²) in [5.41, 5.74) is 1.34. The molecular formula is C30H44O2. The van der Waals surface area contributed by atoms with Crippen molar-refractivity contribution in [2.24, 2.45) is 0 Å². The number of allylic oxidation sites excluding steroid dienone is 8. The van der Waals surface area contributed by atoms with Crippen molar-refractivity contribution in [2.75, 3.05) is 0 Å². The number of hydrogen-bond acceptors (Lipinski definition) is 2. The van der Waals surface area contributed by atoms with Gasteiger partial charge in [0.2, 0.25) is 0 Å². The number of esters is 1. The van der Waals surface area contributed by atoms with E-state index < -0.39 is 0 Å². The van der Waals surface area contributed by atoms with Gasteiger partial charge in [-0.2, -0.15) is 0 Å². The summed E-state index contributed by atoms with van der Waals surface area (Å²) in [7, 11) is 0. The van der Waals surface area contributed by atoms with E-state index in [9.17, 15) is 4.79 Å². The van der Waals surface area contributed by atoms with E-state index in [1.54, 1.807) is 0 Å². The summed E-state index contributed by atoms with van der Waals surface area (Å²) in [5, 5.41) is 0. The van der Waals surface area contributed by atoms with E-state index in [4.69, 9.17) is 4.74 Å². The minimum Gasteiger partial charge on any atom is -0.427 e. The summed E-state index contributed by atoms with van der Waals surface area (Å²) in [6, 6.07) is 7.82. The van der Waals surface area contributed by atoms with Crippen LogP contribution in [0, 0.1) is 0 Å². The van der Waals surface area contributed by atoms with Crippen LogP contribution in [-0.4, -0.2) is 5.97 Å². The Morgan fingerprint density at radius 2 is 1.25 bits per heavy atom. The summed E-state index contributed by atoms with van der Waals surface area (Å²) in [4.78, 5) is 12.0. The van der Waals surface area contributed by atoms with Crippen molar-refractivity contribution in [3.8, 4) is 5.75 Å². The Morgan fingerprint density at radius 3 is 1.75 bits per heavy atom. The lowest BCUT2D eigenvalue weighted by molar-refractivity contribution is -0.134. The SMILES string of the molecule is CCCCCC=CCC=CCC=CCC=CCCCC(=O)Oc1ccc(C(C)(C)C)cc1. The Hall–Kier alpha value is -2.35. The molecule has 0 heterocycles. The molecule has 0 N–H and O–H groups in total. The molecule has 0 amide bonds. The zero-order valence-corrected chi connectivity index (χ0v) is 20.8. The Bertz CT molecular complexity index is 727. The predicted molar refractivity (Wildman–Crippen MR) is 139 cm³/mol. The number of benzene rings is 1. The summed E-state index contributed by atoms with van der Waals surface area (Å²) >= 11 is 0. The van der Waals surface area contributed by atoms with Gasteiger partial charge in [0.05, 0.1) is 0 Å². The van der Waals surface area contributed by atoms with Crippen molar-refractivity contribution in [1.29, 1.82) is 0 Å². The first-order chi connectivity index (χ1) is 15.4. The van der Waals surface area contributed by atoms with Gasteiger partial charge in [-0.3, -0.25) is 4.79 Å². The van der Waals surface area contributed by atoms with Crippen LogP contribution in [0.3, 0.4) is 0 Å². The van der Waals surface area contributed by atoms with Crippen LogP contribution in [-0.2, 0) is 10.2 Å². The first kappa shape index (κ1) is 27.7. The van der Waals surface area contributed by atoms with Crippen molar-refractivity contribution in [3.63, 3.8) is 0 Å².